The fourth-order valence-electron chi connectivity index (χ4n) is 0.860. The third kappa shape index (κ3) is 2.90. The first-order valence-electron chi connectivity index (χ1n) is 3.57. The minimum Gasteiger partial charge on any atom is -0.204 e. The average Bonchev–Trinajstić information content (AvgIpc) is 2.10. The van der Waals surface area contributed by atoms with Gasteiger partial charge in [-0.1, -0.05) is 35.4 Å². The van der Waals surface area contributed by atoms with Crippen molar-refractivity contribution in [3.63, 3.8) is 0 Å². The van der Waals surface area contributed by atoms with Crippen molar-refractivity contribution in [3.8, 4) is 0 Å². The molecule has 0 nitrogen and oxygen atoms in total. The number of rotatable bonds is 2. The van der Waals surface area contributed by atoms with Gasteiger partial charge in [0, 0.05) is 5.75 Å². The Kier molecular flexibility index (Phi) is 4.10. The second-order valence-corrected chi connectivity index (χ2v) is 3.56. The van der Waals surface area contributed by atoms with Crippen molar-refractivity contribution in [2.45, 2.75) is 0 Å². The molecule has 0 fully saturated rings. The molecule has 1 aromatic carbocycles. The zero-order valence-corrected chi connectivity index (χ0v) is 9.00. The minimum absolute atomic E-state index is 0.0336. The molecule has 0 atom stereocenters. The maximum Gasteiger partial charge on any atom is 0.160 e. The molecule has 0 heterocycles. The van der Waals surface area contributed by atoms with Gasteiger partial charge in [0.1, 0.15) is 0 Å². The lowest BCUT2D eigenvalue weighted by molar-refractivity contribution is 0.628. The molecule has 0 saturated heterocycles. The molecular formula is C9H7Cl2FS. The molecule has 1 rings (SSSR count). The van der Waals surface area contributed by atoms with Gasteiger partial charge < -0.3 is 0 Å². The third-order valence-electron chi connectivity index (χ3n) is 1.42. The zero-order valence-electron chi connectivity index (χ0n) is 6.60. The normalized spacial score (nSPS) is 11.1. The van der Waals surface area contributed by atoms with Crippen molar-refractivity contribution in [1.82, 2.24) is 0 Å². The first kappa shape index (κ1) is 10.9. The molecule has 0 spiro atoms. The van der Waals surface area contributed by atoms with Gasteiger partial charge in [-0.25, -0.2) is 4.39 Å². The first-order valence-corrected chi connectivity index (χ1v) is 4.96. The second-order valence-electron chi connectivity index (χ2n) is 2.38. The van der Waals surface area contributed by atoms with E-state index >= 15 is 0 Å². The molecule has 13 heavy (non-hydrogen) atoms. The topological polar surface area (TPSA) is 0 Å². The molecule has 0 radical (unpaired) electrons. The molecule has 0 N–H and O–H groups in total. The van der Waals surface area contributed by atoms with Crippen LogP contribution in [0.4, 0.5) is 4.39 Å². The highest BCUT2D eigenvalue weighted by molar-refractivity contribution is 7.80. The number of hydrogen-bond donors (Lipinski definition) is 1. The van der Waals surface area contributed by atoms with Gasteiger partial charge in [-0.15, -0.1) is 0 Å². The highest BCUT2D eigenvalue weighted by Gasteiger charge is 2.05. The molecule has 0 saturated carbocycles. The van der Waals surface area contributed by atoms with E-state index in [-0.39, 0.29) is 10.0 Å². The summed E-state index contributed by atoms with van der Waals surface area (Å²) in [6.07, 6.45) is 3.60. The number of thiol groups is 1. The standard InChI is InChI=1S/C9H7Cl2FS/c10-7-4-6(2-1-3-13)5-8(11)9(7)12/h1-2,4-5,13H,3H2. The quantitative estimate of drug-likeness (QED) is 0.581. The summed E-state index contributed by atoms with van der Waals surface area (Å²) in [6, 6.07) is 3.03. The summed E-state index contributed by atoms with van der Waals surface area (Å²) >= 11 is 15.2. The second kappa shape index (κ2) is 4.89. The smallest absolute Gasteiger partial charge is 0.160 e. The lowest BCUT2D eigenvalue weighted by atomic mass is 10.2. The lowest BCUT2D eigenvalue weighted by Crippen LogP contribution is -1.81. The van der Waals surface area contributed by atoms with Crippen LogP contribution < -0.4 is 0 Å². The van der Waals surface area contributed by atoms with Crippen LogP contribution in [0.3, 0.4) is 0 Å². The fourth-order valence-corrected chi connectivity index (χ4v) is 1.47. The lowest BCUT2D eigenvalue weighted by Gasteiger charge is -1.99. The van der Waals surface area contributed by atoms with Crippen LogP contribution in [0.2, 0.25) is 10.0 Å². The van der Waals surface area contributed by atoms with E-state index in [1.54, 1.807) is 6.08 Å². The molecule has 0 bridgehead atoms. The summed E-state index contributed by atoms with van der Waals surface area (Å²) in [5, 5.41) is 0.0672. The largest absolute Gasteiger partial charge is 0.204 e. The Labute approximate surface area is 91.8 Å². The first-order chi connectivity index (χ1) is 6.15. The van der Waals surface area contributed by atoms with E-state index in [0.717, 1.165) is 5.56 Å². The number of halogens is 3. The Bertz CT molecular complexity index is 313. The molecule has 0 aliphatic heterocycles. The Morgan fingerprint density at radius 1 is 1.31 bits per heavy atom. The summed E-state index contributed by atoms with van der Waals surface area (Å²) in [7, 11) is 0. The van der Waals surface area contributed by atoms with Crippen LogP contribution in [0.5, 0.6) is 0 Å². The molecule has 0 aliphatic carbocycles. The van der Waals surface area contributed by atoms with Crippen LogP contribution in [0.15, 0.2) is 18.2 Å². The zero-order chi connectivity index (χ0) is 9.84. The van der Waals surface area contributed by atoms with Crippen molar-refractivity contribution in [3.05, 3.63) is 39.6 Å². The van der Waals surface area contributed by atoms with Crippen molar-refractivity contribution < 1.29 is 4.39 Å². The molecule has 1 aromatic rings. The summed E-state index contributed by atoms with van der Waals surface area (Å²) in [5.41, 5.74) is 0.769. The van der Waals surface area contributed by atoms with E-state index < -0.39 is 5.82 Å². The van der Waals surface area contributed by atoms with Gasteiger partial charge in [-0.2, -0.15) is 12.6 Å². The van der Waals surface area contributed by atoms with Crippen molar-refractivity contribution in [2.24, 2.45) is 0 Å². The van der Waals surface area contributed by atoms with Gasteiger partial charge in [0.15, 0.2) is 5.82 Å². The molecule has 0 unspecified atom stereocenters. The van der Waals surface area contributed by atoms with Crippen molar-refractivity contribution in [1.29, 1.82) is 0 Å². The molecular weight excluding hydrogens is 230 g/mol. The maximum atomic E-state index is 12.9. The Hall–Kier alpha value is -0.180. The van der Waals surface area contributed by atoms with Gasteiger partial charge in [-0.3, -0.25) is 0 Å². The number of hydrogen-bond acceptors (Lipinski definition) is 1. The van der Waals surface area contributed by atoms with Crippen LogP contribution in [0.25, 0.3) is 6.08 Å². The van der Waals surface area contributed by atoms with E-state index in [1.807, 2.05) is 6.08 Å². The van der Waals surface area contributed by atoms with E-state index in [4.69, 9.17) is 23.2 Å². The van der Waals surface area contributed by atoms with E-state index in [9.17, 15) is 4.39 Å². The molecule has 0 aromatic heterocycles. The summed E-state index contributed by atoms with van der Waals surface area (Å²) in [5.74, 6) is 0.0402. The predicted octanol–water partition coefficient (Wildman–Crippen LogP) is 4.08. The Balaban J connectivity index is 3.06. The van der Waals surface area contributed by atoms with Gasteiger partial charge >= 0.3 is 0 Å². The number of benzene rings is 1. The van der Waals surface area contributed by atoms with Crippen LogP contribution in [0.1, 0.15) is 5.56 Å². The average molecular weight is 237 g/mol. The van der Waals surface area contributed by atoms with Gasteiger partial charge in [-0.05, 0) is 17.7 Å². The van der Waals surface area contributed by atoms with Crippen LogP contribution in [-0.2, 0) is 0 Å². The summed E-state index contributed by atoms with van der Waals surface area (Å²) < 4.78 is 12.9. The molecule has 4 heteroatoms. The maximum absolute atomic E-state index is 12.9. The van der Waals surface area contributed by atoms with Gasteiger partial charge in [0.05, 0.1) is 10.0 Å². The molecule has 70 valence electrons. The van der Waals surface area contributed by atoms with Gasteiger partial charge in [0.2, 0.25) is 0 Å². The molecule has 0 aliphatic rings. The minimum atomic E-state index is -0.577. The van der Waals surface area contributed by atoms with Crippen LogP contribution in [-0.4, -0.2) is 5.75 Å². The van der Waals surface area contributed by atoms with E-state index in [2.05, 4.69) is 12.6 Å². The van der Waals surface area contributed by atoms with Crippen molar-refractivity contribution in [2.75, 3.05) is 5.75 Å². The Morgan fingerprint density at radius 2 is 1.85 bits per heavy atom. The van der Waals surface area contributed by atoms with E-state index in [1.165, 1.54) is 12.1 Å². The van der Waals surface area contributed by atoms with E-state index in [0.29, 0.717) is 5.75 Å². The third-order valence-corrected chi connectivity index (χ3v) is 2.18. The Morgan fingerprint density at radius 3 is 2.31 bits per heavy atom. The van der Waals surface area contributed by atoms with Crippen LogP contribution >= 0.6 is 35.8 Å². The van der Waals surface area contributed by atoms with Gasteiger partial charge in [0.25, 0.3) is 0 Å². The monoisotopic (exact) mass is 236 g/mol. The molecule has 0 amide bonds. The summed E-state index contributed by atoms with van der Waals surface area (Å²) in [6.45, 7) is 0. The van der Waals surface area contributed by atoms with Crippen LogP contribution in [0, 0.1) is 5.82 Å². The van der Waals surface area contributed by atoms with Crippen molar-refractivity contribution >= 4 is 41.9 Å². The highest BCUT2D eigenvalue weighted by Crippen LogP contribution is 2.25. The fraction of sp³-hybridized carbons (Fsp3) is 0.111. The highest BCUT2D eigenvalue weighted by atomic mass is 35.5. The predicted molar refractivity (Wildman–Crippen MR) is 59.3 cm³/mol. The SMILES string of the molecule is Fc1c(Cl)cc(C=CCS)cc1Cl. The summed E-state index contributed by atoms with van der Waals surface area (Å²) in [4.78, 5) is 0.